The Morgan fingerprint density at radius 3 is 2.82 bits per heavy atom. The fraction of sp³-hybridized carbons (Fsp3) is 0.889. The second-order valence-electron chi connectivity index (χ2n) is 4.00. The van der Waals surface area contributed by atoms with Crippen LogP contribution in [0.15, 0.2) is 0 Å². The summed E-state index contributed by atoms with van der Waals surface area (Å²) in [6, 6.07) is 0. The molecule has 2 rings (SSSR count). The van der Waals surface area contributed by atoms with Gasteiger partial charge in [-0.05, 0) is 31.2 Å². The van der Waals surface area contributed by atoms with E-state index in [1.807, 2.05) is 0 Å². The van der Waals surface area contributed by atoms with Gasteiger partial charge in [-0.25, -0.2) is 0 Å². The molecule has 0 amide bonds. The molecular formula is C9H15NO. The lowest BCUT2D eigenvalue weighted by molar-refractivity contribution is -0.118. The molecule has 1 N–H and O–H groups in total. The van der Waals surface area contributed by atoms with Crippen LogP contribution in [0.3, 0.4) is 0 Å². The molecule has 0 bridgehead atoms. The topological polar surface area (TPSA) is 29.1 Å². The molecule has 2 aliphatic rings. The largest absolute Gasteiger partial charge is 0.316 e. The molecule has 2 fully saturated rings. The van der Waals surface area contributed by atoms with E-state index in [0.717, 1.165) is 32.4 Å². The van der Waals surface area contributed by atoms with Gasteiger partial charge in [0.05, 0.1) is 0 Å². The van der Waals surface area contributed by atoms with Gasteiger partial charge in [0.2, 0.25) is 0 Å². The first kappa shape index (κ1) is 7.29. The predicted molar refractivity (Wildman–Crippen MR) is 43.4 cm³/mol. The zero-order valence-corrected chi connectivity index (χ0v) is 6.86. The summed E-state index contributed by atoms with van der Waals surface area (Å²) in [5.74, 6) is 0.480. The van der Waals surface area contributed by atoms with Crippen LogP contribution in [0.4, 0.5) is 0 Å². The summed E-state index contributed by atoms with van der Waals surface area (Å²) < 4.78 is 0. The zero-order chi connectivity index (χ0) is 7.73. The number of ketones is 1. The standard InChI is InChI=1S/C9H15NO/c11-8-2-4-9(6-8)3-1-5-10-7-9/h10H,1-7H2. The molecule has 0 radical (unpaired) electrons. The molecule has 11 heavy (non-hydrogen) atoms. The Labute approximate surface area is 67.4 Å². The summed E-state index contributed by atoms with van der Waals surface area (Å²) in [6.07, 6.45) is 5.35. The summed E-state index contributed by atoms with van der Waals surface area (Å²) in [6.45, 7) is 2.23. The van der Waals surface area contributed by atoms with E-state index in [1.165, 1.54) is 12.8 Å². The lowest BCUT2D eigenvalue weighted by atomic mass is 9.79. The van der Waals surface area contributed by atoms with Crippen molar-refractivity contribution < 1.29 is 4.79 Å². The maximum Gasteiger partial charge on any atom is 0.133 e. The molecule has 1 spiro atoms. The lowest BCUT2D eigenvalue weighted by Gasteiger charge is -2.32. The molecule has 1 saturated heterocycles. The minimum absolute atomic E-state index is 0.384. The second kappa shape index (κ2) is 2.59. The summed E-state index contributed by atoms with van der Waals surface area (Å²) in [5, 5.41) is 3.39. The van der Waals surface area contributed by atoms with Gasteiger partial charge in [-0.3, -0.25) is 4.79 Å². The molecule has 1 aliphatic heterocycles. The van der Waals surface area contributed by atoms with Gasteiger partial charge < -0.3 is 5.32 Å². The van der Waals surface area contributed by atoms with Gasteiger partial charge in [0.25, 0.3) is 0 Å². The van der Waals surface area contributed by atoms with Gasteiger partial charge in [-0.2, -0.15) is 0 Å². The minimum Gasteiger partial charge on any atom is -0.316 e. The smallest absolute Gasteiger partial charge is 0.133 e. The number of hydrogen-bond donors (Lipinski definition) is 1. The van der Waals surface area contributed by atoms with E-state index >= 15 is 0 Å². The molecule has 1 unspecified atom stereocenters. The van der Waals surface area contributed by atoms with E-state index < -0.39 is 0 Å². The van der Waals surface area contributed by atoms with E-state index in [9.17, 15) is 4.79 Å². The highest BCUT2D eigenvalue weighted by Gasteiger charge is 2.38. The van der Waals surface area contributed by atoms with Crippen molar-refractivity contribution in [2.75, 3.05) is 13.1 Å². The van der Waals surface area contributed by atoms with Crippen LogP contribution in [-0.2, 0) is 4.79 Å². The van der Waals surface area contributed by atoms with Gasteiger partial charge in [0.1, 0.15) is 5.78 Å². The Bertz CT molecular complexity index is 170. The second-order valence-corrected chi connectivity index (χ2v) is 4.00. The Hall–Kier alpha value is -0.370. The van der Waals surface area contributed by atoms with Crippen molar-refractivity contribution in [3.63, 3.8) is 0 Å². The van der Waals surface area contributed by atoms with Crippen molar-refractivity contribution in [2.24, 2.45) is 5.41 Å². The molecule has 1 atom stereocenters. The van der Waals surface area contributed by atoms with Crippen molar-refractivity contribution in [1.29, 1.82) is 0 Å². The van der Waals surface area contributed by atoms with Crippen molar-refractivity contribution in [3.05, 3.63) is 0 Å². The van der Waals surface area contributed by atoms with Crippen molar-refractivity contribution in [1.82, 2.24) is 5.32 Å². The Balaban J connectivity index is 2.03. The third kappa shape index (κ3) is 1.32. The number of nitrogens with one attached hydrogen (secondary N) is 1. The zero-order valence-electron chi connectivity index (χ0n) is 6.86. The average molecular weight is 153 g/mol. The fourth-order valence-corrected chi connectivity index (χ4v) is 2.39. The first-order chi connectivity index (χ1) is 5.31. The Morgan fingerprint density at radius 1 is 1.36 bits per heavy atom. The SMILES string of the molecule is O=C1CCC2(CCCNC2)C1. The molecule has 2 nitrogen and oxygen atoms in total. The number of rotatable bonds is 0. The highest BCUT2D eigenvalue weighted by molar-refractivity contribution is 5.81. The number of hydrogen-bond acceptors (Lipinski definition) is 2. The minimum atomic E-state index is 0.384. The van der Waals surface area contributed by atoms with Gasteiger partial charge >= 0.3 is 0 Å². The van der Waals surface area contributed by atoms with E-state index in [-0.39, 0.29) is 0 Å². The molecule has 2 heteroatoms. The molecule has 1 heterocycles. The van der Waals surface area contributed by atoms with Crippen molar-refractivity contribution in [2.45, 2.75) is 32.1 Å². The van der Waals surface area contributed by atoms with E-state index in [0.29, 0.717) is 11.2 Å². The van der Waals surface area contributed by atoms with Crippen LogP contribution in [0, 0.1) is 5.41 Å². The van der Waals surface area contributed by atoms with Crippen LogP contribution < -0.4 is 5.32 Å². The summed E-state index contributed by atoms with van der Waals surface area (Å²) in [4.78, 5) is 11.1. The molecule has 1 aliphatic carbocycles. The highest BCUT2D eigenvalue weighted by Crippen LogP contribution is 2.40. The molecule has 0 aromatic carbocycles. The molecule has 1 saturated carbocycles. The van der Waals surface area contributed by atoms with Crippen molar-refractivity contribution in [3.8, 4) is 0 Å². The number of Topliss-reactive ketones (excluding diaryl/α,β-unsaturated/α-hetero) is 1. The highest BCUT2D eigenvalue weighted by atomic mass is 16.1. The summed E-state index contributed by atoms with van der Waals surface area (Å²) in [7, 11) is 0. The molecule has 0 aromatic rings. The van der Waals surface area contributed by atoms with Crippen LogP contribution in [0.5, 0.6) is 0 Å². The third-order valence-electron chi connectivity index (χ3n) is 3.07. The normalized spacial score (nSPS) is 38.4. The summed E-state index contributed by atoms with van der Waals surface area (Å²) >= 11 is 0. The van der Waals surface area contributed by atoms with Crippen LogP contribution in [0.2, 0.25) is 0 Å². The van der Waals surface area contributed by atoms with Gasteiger partial charge in [0, 0.05) is 19.4 Å². The van der Waals surface area contributed by atoms with Crippen LogP contribution >= 0.6 is 0 Å². The predicted octanol–water partition coefficient (Wildman–Crippen LogP) is 1.11. The fourth-order valence-electron chi connectivity index (χ4n) is 2.39. The van der Waals surface area contributed by atoms with E-state index in [4.69, 9.17) is 0 Å². The van der Waals surface area contributed by atoms with E-state index in [2.05, 4.69) is 5.32 Å². The quantitative estimate of drug-likeness (QED) is 0.565. The van der Waals surface area contributed by atoms with Crippen molar-refractivity contribution >= 4 is 5.78 Å². The summed E-state index contributed by atoms with van der Waals surface area (Å²) in [5.41, 5.74) is 0.384. The van der Waals surface area contributed by atoms with Gasteiger partial charge in [-0.1, -0.05) is 0 Å². The van der Waals surface area contributed by atoms with Crippen LogP contribution in [0.1, 0.15) is 32.1 Å². The molecule has 0 aromatic heterocycles. The maximum absolute atomic E-state index is 11.1. The number of carbonyl (C=O) groups excluding carboxylic acids is 1. The average Bonchev–Trinajstić information content (AvgIpc) is 2.34. The third-order valence-corrected chi connectivity index (χ3v) is 3.07. The monoisotopic (exact) mass is 153 g/mol. The van der Waals surface area contributed by atoms with Gasteiger partial charge in [0.15, 0.2) is 0 Å². The first-order valence-electron chi connectivity index (χ1n) is 4.53. The van der Waals surface area contributed by atoms with E-state index in [1.54, 1.807) is 0 Å². The molecular weight excluding hydrogens is 138 g/mol. The number of piperidine rings is 1. The Morgan fingerprint density at radius 2 is 2.27 bits per heavy atom. The lowest BCUT2D eigenvalue weighted by Crippen LogP contribution is -2.38. The van der Waals surface area contributed by atoms with Crippen LogP contribution in [0.25, 0.3) is 0 Å². The first-order valence-corrected chi connectivity index (χ1v) is 4.53. The molecule has 62 valence electrons. The maximum atomic E-state index is 11.1. The Kier molecular flexibility index (Phi) is 1.72. The van der Waals surface area contributed by atoms with Gasteiger partial charge in [-0.15, -0.1) is 0 Å². The number of carbonyl (C=O) groups is 1. The van der Waals surface area contributed by atoms with Crippen LogP contribution in [-0.4, -0.2) is 18.9 Å².